The summed E-state index contributed by atoms with van der Waals surface area (Å²) in [5, 5.41) is 23.2. The highest BCUT2D eigenvalue weighted by atomic mass is 16.6. The quantitative estimate of drug-likeness (QED) is 0.216. The van der Waals surface area contributed by atoms with Gasteiger partial charge in [-0.25, -0.2) is 14.6 Å². The molecular formula is C26H24N8O5. The van der Waals surface area contributed by atoms with Crippen LogP contribution in [0.25, 0.3) is 33.3 Å². The standard InChI is InChI=1S/C26H24N8O5/c1-38-20-11-14(23-22-24(27)29-13-30-25(22)33(32-23)16-6-8-28-9-7-16)2-4-18(20)31-26(35)21-12-15-10-17(34(36)37)3-5-19(15)39-21/h2-5,10-13,16,28H,6-9H2,1H3,(H,31,35)(H2,27,29,30). The molecule has 0 bridgehead atoms. The lowest BCUT2D eigenvalue weighted by atomic mass is 10.1. The van der Waals surface area contributed by atoms with Gasteiger partial charge in [0.2, 0.25) is 0 Å². The number of piperidine rings is 1. The minimum atomic E-state index is -0.529. The van der Waals surface area contributed by atoms with Crippen LogP contribution < -0.4 is 21.1 Å². The zero-order chi connectivity index (χ0) is 27.1. The molecule has 39 heavy (non-hydrogen) atoms. The average molecular weight is 529 g/mol. The number of nitro benzene ring substituents is 1. The number of aromatic nitrogens is 4. The lowest BCUT2D eigenvalue weighted by molar-refractivity contribution is -0.384. The highest BCUT2D eigenvalue weighted by Gasteiger charge is 2.24. The molecule has 4 heterocycles. The number of furan rings is 1. The molecule has 5 aromatic rings. The Morgan fingerprint density at radius 2 is 2.03 bits per heavy atom. The molecule has 1 aliphatic heterocycles. The van der Waals surface area contributed by atoms with Crippen molar-refractivity contribution in [1.82, 2.24) is 25.1 Å². The molecule has 2 aromatic carbocycles. The molecule has 1 fully saturated rings. The second-order valence-electron chi connectivity index (χ2n) is 9.19. The number of nitrogens with zero attached hydrogens (tertiary/aromatic N) is 5. The SMILES string of the molecule is COc1cc(-c2nn(C3CCNCC3)c3ncnc(N)c23)ccc1NC(=O)c1cc2cc([N+](=O)[O-])ccc2o1. The summed E-state index contributed by atoms with van der Waals surface area (Å²) in [5.74, 6) is 0.204. The van der Waals surface area contributed by atoms with E-state index in [0.717, 1.165) is 31.5 Å². The number of ether oxygens (including phenoxy) is 1. The van der Waals surface area contributed by atoms with Gasteiger partial charge < -0.3 is 25.5 Å². The van der Waals surface area contributed by atoms with Gasteiger partial charge in [-0.15, -0.1) is 0 Å². The average Bonchev–Trinajstić information content (AvgIpc) is 3.56. The number of benzene rings is 2. The van der Waals surface area contributed by atoms with E-state index in [1.54, 1.807) is 18.2 Å². The number of rotatable bonds is 6. The molecule has 13 nitrogen and oxygen atoms in total. The second-order valence-corrected chi connectivity index (χ2v) is 9.19. The summed E-state index contributed by atoms with van der Waals surface area (Å²) >= 11 is 0. The van der Waals surface area contributed by atoms with Crippen molar-refractivity contribution >= 4 is 45.1 Å². The largest absolute Gasteiger partial charge is 0.495 e. The van der Waals surface area contributed by atoms with Crippen LogP contribution in [0.5, 0.6) is 5.75 Å². The first-order valence-corrected chi connectivity index (χ1v) is 12.3. The number of carbonyl (C=O) groups excluding carboxylic acids is 1. The molecule has 1 amide bonds. The van der Waals surface area contributed by atoms with E-state index in [1.807, 2.05) is 4.68 Å². The van der Waals surface area contributed by atoms with E-state index in [2.05, 4.69) is 20.6 Å². The van der Waals surface area contributed by atoms with Gasteiger partial charge in [0.1, 0.15) is 29.2 Å². The van der Waals surface area contributed by atoms with Crippen molar-refractivity contribution in [3.63, 3.8) is 0 Å². The first-order valence-electron chi connectivity index (χ1n) is 12.3. The molecule has 0 spiro atoms. The molecule has 0 unspecified atom stereocenters. The fourth-order valence-corrected chi connectivity index (χ4v) is 4.89. The lowest BCUT2D eigenvalue weighted by Crippen LogP contribution is -2.30. The Morgan fingerprint density at radius 3 is 2.79 bits per heavy atom. The summed E-state index contributed by atoms with van der Waals surface area (Å²) in [6, 6.07) is 11.1. The topological polar surface area (TPSA) is 176 Å². The molecule has 1 saturated heterocycles. The summed E-state index contributed by atoms with van der Waals surface area (Å²) in [5.41, 5.74) is 8.97. The van der Waals surface area contributed by atoms with E-state index >= 15 is 0 Å². The molecule has 198 valence electrons. The summed E-state index contributed by atoms with van der Waals surface area (Å²) in [7, 11) is 1.50. The van der Waals surface area contributed by atoms with E-state index in [1.165, 1.54) is 37.7 Å². The number of nitrogen functional groups attached to an aromatic ring is 1. The summed E-state index contributed by atoms with van der Waals surface area (Å²) in [4.78, 5) is 32.2. The van der Waals surface area contributed by atoms with Crippen molar-refractivity contribution in [2.75, 3.05) is 31.2 Å². The van der Waals surface area contributed by atoms with Gasteiger partial charge in [0.25, 0.3) is 11.6 Å². The second kappa shape index (κ2) is 9.68. The van der Waals surface area contributed by atoms with Crippen molar-refractivity contribution in [2.45, 2.75) is 18.9 Å². The Labute approximate surface area is 221 Å². The highest BCUT2D eigenvalue weighted by molar-refractivity contribution is 6.06. The Bertz CT molecular complexity index is 1740. The lowest BCUT2D eigenvalue weighted by Gasteiger charge is -2.23. The van der Waals surface area contributed by atoms with Crippen molar-refractivity contribution in [3.05, 3.63) is 64.7 Å². The number of hydrogen-bond donors (Lipinski definition) is 3. The third-order valence-corrected chi connectivity index (χ3v) is 6.83. The van der Waals surface area contributed by atoms with Gasteiger partial charge in [-0.1, -0.05) is 6.07 Å². The number of methoxy groups -OCH3 is 1. The third-order valence-electron chi connectivity index (χ3n) is 6.83. The number of hydrogen-bond acceptors (Lipinski definition) is 10. The monoisotopic (exact) mass is 528 g/mol. The molecule has 1 aliphatic rings. The van der Waals surface area contributed by atoms with Crippen LogP contribution >= 0.6 is 0 Å². The van der Waals surface area contributed by atoms with Crippen LogP contribution in [0.4, 0.5) is 17.2 Å². The first-order chi connectivity index (χ1) is 18.9. The van der Waals surface area contributed by atoms with Crippen LogP contribution in [0, 0.1) is 10.1 Å². The number of fused-ring (bicyclic) bond motifs is 2. The fraction of sp³-hybridized carbons (Fsp3) is 0.231. The molecule has 6 rings (SSSR count). The predicted molar refractivity (Wildman–Crippen MR) is 144 cm³/mol. The Morgan fingerprint density at radius 1 is 1.21 bits per heavy atom. The Balaban J connectivity index is 1.33. The molecule has 3 aromatic heterocycles. The van der Waals surface area contributed by atoms with Crippen molar-refractivity contribution in [3.8, 4) is 17.0 Å². The van der Waals surface area contributed by atoms with E-state index in [0.29, 0.717) is 45.0 Å². The Hall–Kier alpha value is -5.04. The van der Waals surface area contributed by atoms with E-state index in [-0.39, 0.29) is 17.5 Å². The number of nitro groups is 1. The van der Waals surface area contributed by atoms with Crippen LogP contribution in [-0.4, -0.2) is 50.8 Å². The van der Waals surface area contributed by atoms with Gasteiger partial charge >= 0.3 is 0 Å². The van der Waals surface area contributed by atoms with Crippen LogP contribution in [0.3, 0.4) is 0 Å². The maximum Gasteiger partial charge on any atom is 0.291 e. The number of carbonyl (C=O) groups is 1. The summed E-state index contributed by atoms with van der Waals surface area (Å²) in [6.07, 6.45) is 3.28. The molecule has 0 aliphatic carbocycles. The number of anilines is 2. The number of amides is 1. The Kier molecular flexibility index (Phi) is 6.04. The van der Waals surface area contributed by atoms with E-state index in [9.17, 15) is 14.9 Å². The van der Waals surface area contributed by atoms with E-state index in [4.69, 9.17) is 20.0 Å². The minimum absolute atomic E-state index is 0.00765. The minimum Gasteiger partial charge on any atom is -0.495 e. The zero-order valence-corrected chi connectivity index (χ0v) is 20.9. The number of non-ortho nitro benzene ring substituents is 1. The van der Waals surface area contributed by atoms with E-state index < -0.39 is 10.8 Å². The van der Waals surface area contributed by atoms with Gasteiger partial charge in [0.05, 0.1) is 29.1 Å². The first kappa shape index (κ1) is 24.3. The highest BCUT2D eigenvalue weighted by Crippen LogP contribution is 2.37. The molecule has 0 saturated carbocycles. The van der Waals surface area contributed by atoms with Crippen molar-refractivity contribution in [1.29, 1.82) is 0 Å². The molecule has 0 radical (unpaired) electrons. The third kappa shape index (κ3) is 4.38. The molecular weight excluding hydrogens is 504 g/mol. The normalized spacial score (nSPS) is 14.1. The van der Waals surface area contributed by atoms with Gasteiger partial charge in [0.15, 0.2) is 11.4 Å². The smallest absolute Gasteiger partial charge is 0.291 e. The van der Waals surface area contributed by atoms with Crippen LogP contribution in [0.1, 0.15) is 29.4 Å². The van der Waals surface area contributed by atoms with Crippen LogP contribution in [0.15, 0.2) is 53.2 Å². The molecule has 0 atom stereocenters. The van der Waals surface area contributed by atoms with Gasteiger partial charge in [-0.3, -0.25) is 14.9 Å². The summed E-state index contributed by atoms with van der Waals surface area (Å²) in [6.45, 7) is 1.79. The van der Waals surface area contributed by atoms with Crippen molar-refractivity contribution < 1.29 is 18.9 Å². The van der Waals surface area contributed by atoms with Gasteiger partial charge in [-0.2, -0.15) is 5.10 Å². The van der Waals surface area contributed by atoms with Crippen LogP contribution in [0.2, 0.25) is 0 Å². The zero-order valence-electron chi connectivity index (χ0n) is 20.9. The molecule has 13 heteroatoms. The summed E-state index contributed by atoms with van der Waals surface area (Å²) < 4.78 is 13.1. The van der Waals surface area contributed by atoms with Crippen molar-refractivity contribution in [2.24, 2.45) is 0 Å². The predicted octanol–water partition coefficient (Wildman–Crippen LogP) is 3.92. The van der Waals surface area contributed by atoms with Gasteiger partial charge in [0, 0.05) is 23.1 Å². The fourth-order valence-electron chi connectivity index (χ4n) is 4.89. The van der Waals surface area contributed by atoms with Crippen LogP contribution in [-0.2, 0) is 0 Å². The maximum atomic E-state index is 13.0. The maximum absolute atomic E-state index is 13.0. The number of nitrogens with two attached hydrogens (primary N) is 1. The molecule has 4 N–H and O–H groups in total. The van der Waals surface area contributed by atoms with Gasteiger partial charge in [-0.05, 0) is 50.2 Å². The number of nitrogens with one attached hydrogen (secondary N) is 2.